The number of aromatic nitrogens is 1. The lowest BCUT2D eigenvalue weighted by Gasteiger charge is -2.27. The van der Waals surface area contributed by atoms with Crippen molar-refractivity contribution in [1.29, 1.82) is 0 Å². The molecule has 0 radical (unpaired) electrons. The van der Waals surface area contributed by atoms with Crippen LogP contribution in [-0.4, -0.2) is 63.4 Å². The summed E-state index contributed by atoms with van der Waals surface area (Å²) in [5.41, 5.74) is 6.22. The van der Waals surface area contributed by atoms with Crippen molar-refractivity contribution in [3.63, 3.8) is 0 Å². The molecule has 3 heterocycles. The Balaban J connectivity index is 1.75. The minimum absolute atomic E-state index is 0.0171. The molecule has 10 nitrogen and oxygen atoms in total. The molecule has 0 aromatic carbocycles. The van der Waals surface area contributed by atoms with Crippen LogP contribution < -0.4 is 10.6 Å². The van der Waals surface area contributed by atoms with Crippen LogP contribution in [0.25, 0.3) is 0 Å². The van der Waals surface area contributed by atoms with Crippen molar-refractivity contribution in [1.82, 2.24) is 4.98 Å². The monoisotopic (exact) mass is 435 g/mol. The van der Waals surface area contributed by atoms with Crippen LogP contribution in [0, 0.1) is 0 Å². The van der Waals surface area contributed by atoms with Gasteiger partial charge in [0.05, 0.1) is 33.0 Å². The Morgan fingerprint density at radius 1 is 1.13 bits per heavy atom. The Hall–Kier alpha value is -3.18. The molecular formula is C19H21N3O7S. The minimum atomic E-state index is -0.735. The van der Waals surface area contributed by atoms with E-state index in [4.69, 9.17) is 24.7 Å². The number of hydrogen-bond donors (Lipinski definition) is 1. The number of nitrogens with two attached hydrogens (primary N) is 1. The molecule has 1 aliphatic rings. The third-order valence-corrected chi connectivity index (χ3v) is 5.50. The normalized spacial score (nSPS) is 13.6. The number of anilines is 2. The van der Waals surface area contributed by atoms with Gasteiger partial charge in [0, 0.05) is 24.8 Å². The summed E-state index contributed by atoms with van der Waals surface area (Å²) in [7, 11) is 2.39. The molecule has 0 saturated carbocycles. The summed E-state index contributed by atoms with van der Waals surface area (Å²) in [6.45, 7) is 2.35. The second-order valence-electron chi connectivity index (χ2n) is 6.21. The Morgan fingerprint density at radius 2 is 1.83 bits per heavy atom. The van der Waals surface area contributed by atoms with Gasteiger partial charge in [-0.05, 0) is 12.1 Å². The number of carbonyl (C=O) groups excluding carboxylic acids is 3. The highest BCUT2D eigenvalue weighted by atomic mass is 32.1. The third-order valence-electron chi connectivity index (χ3n) is 4.46. The molecule has 0 spiro atoms. The number of esters is 3. The predicted octanol–water partition coefficient (Wildman–Crippen LogP) is 1.49. The second kappa shape index (κ2) is 9.55. The van der Waals surface area contributed by atoms with E-state index >= 15 is 0 Å². The summed E-state index contributed by atoms with van der Waals surface area (Å²) in [6.07, 6.45) is 1.41. The fourth-order valence-corrected chi connectivity index (χ4v) is 3.89. The summed E-state index contributed by atoms with van der Waals surface area (Å²) < 4.78 is 20.1. The number of hydrogen-bond acceptors (Lipinski definition) is 11. The fraction of sp³-hybridized carbons (Fsp3) is 0.368. The molecule has 160 valence electrons. The first-order chi connectivity index (χ1) is 14.5. The molecule has 0 unspecified atom stereocenters. The van der Waals surface area contributed by atoms with Crippen LogP contribution >= 0.6 is 11.3 Å². The molecule has 0 bridgehead atoms. The molecule has 2 aromatic heterocycles. The molecule has 2 aromatic rings. The van der Waals surface area contributed by atoms with Gasteiger partial charge in [0.1, 0.15) is 27.9 Å². The molecule has 1 fully saturated rings. The first-order valence-electron chi connectivity index (χ1n) is 8.99. The van der Waals surface area contributed by atoms with Crippen LogP contribution in [0.5, 0.6) is 0 Å². The molecule has 30 heavy (non-hydrogen) atoms. The molecular weight excluding hydrogens is 414 g/mol. The van der Waals surface area contributed by atoms with Crippen LogP contribution in [0.2, 0.25) is 0 Å². The first kappa shape index (κ1) is 21.5. The molecule has 1 aliphatic heterocycles. The minimum Gasteiger partial charge on any atom is -0.465 e. The number of methoxy groups -OCH3 is 2. The van der Waals surface area contributed by atoms with Gasteiger partial charge in [-0.3, -0.25) is 0 Å². The number of nitrogens with zero attached hydrogens (tertiary/aromatic N) is 2. The lowest BCUT2D eigenvalue weighted by Crippen LogP contribution is -2.36. The van der Waals surface area contributed by atoms with Crippen LogP contribution in [0.15, 0.2) is 18.3 Å². The van der Waals surface area contributed by atoms with Crippen LogP contribution in [0.3, 0.4) is 0 Å². The second-order valence-corrected chi connectivity index (χ2v) is 7.26. The van der Waals surface area contributed by atoms with Crippen LogP contribution in [0.4, 0.5) is 10.8 Å². The zero-order valence-electron chi connectivity index (χ0n) is 16.5. The zero-order valence-corrected chi connectivity index (χ0v) is 17.3. The van der Waals surface area contributed by atoms with E-state index in [2.05, 4.69) is 9.88 Å². The number of ether oxygens (including phenoxy) is 4. The number of carbonyl (C=O) groups is 3. The van der Waals surface area contributed by atoms with Crippen molar-refractivity contribution in [3.8, 4) is 0 Å². The van der Waals surface area contributed by atoms with Crippen LogP contribution in [-0.2, 0) is 25.6 Å². The maximum Gasteiger partial charge on any atom is 0.348 e. The van der Waals surface area contributed by atoms with Gasteiger partial charge in [0.25, 0.3) is 0 Å². The van der Waals surface area contributed by atoms with Gasteiger partial charge in [-0.25, -0.2) is 19.4 Å². The Bertz CT molecular complexity index is 936. The van der Waals surface area contributed by atoms with Gasteiger partial charge in [-0.15, -0.1) is 11.3 Å². The zero-order chi connectivity index (χ0) is 21.7. The van der Waals surface area contributed by atoms with E-state index in [0.29, 0.717) is 13.2 Å². The highest BCUT2D eigenvalue weighted by Crippen LogP contribution is 2.33. The Morgan fingerprint density at radius 3 is 2.43 bits per heavy atom. The van der Waals surface area contributed by atoms with Gasteiger partial charge >= 0.3 is 17.9 Å². The van der Waals surface area contributed by atoms with Gasteiger partial charge in [-0.1, -0.05) is 0 Å². The van der Waals surface area contributed by atoms with E-state index in [9.17, 15) is 14.4 Å². The number of morpholine rings is 1. The number of thiophene rings is 1. The van der Waals surface area contributed by atoms with Crippen molar-refractivity contribution in [3.05, 3.63) is 39.9 Å². The quantitative estimate of drug-likeness (QED) is 0.526. The first-order valence-corrected chi connectivity index (χ1v) is 9.81. The summed E-state index contributed by atoms with van der Waals surface area (Å²) in [6, 6.07) is 3.33. The molecule has 11 heteroatoms. The molecule has 0 amide bonds. The highest BCUT2D eigenvalue weighted by molar-refractivity contribution is 7.18. The van der Waals surface area contributed by atoms with Crippen molar-refractivity contribution in [2.75, 3.05) is 51.2 Å². The van der Waals surface area contributed by atoms with Crippen molar-refractivity contribution in [2.45, 2.75) is 6.61 Å². The van der Waals surface area contributed by atoms with E-state index in [0.717, 1.165) is 30.2 Å². The average Bonchev–Trinajstić information content (AvgIpc) is 3.13. The molecule has 2 N–H and O–H groups in total. The topological polar surface area (TPSA) is 130 Å². The van der Waals surface area contributed by atoms with Gasteiger partial charge in [-0.2, -0.15) is 0 Å². The van der Waals surface area contributed by atoms with E-state index in [1.807, 2.05) is 0 Å². The van der Waals surface area contributed by atoms with E-state index in [-0.39, 0.29) is 33.2 Å². The van der Waals surface area contributed by atoms with E-state index in [1.165, 1.54) is 20.4 Å². The Labute approximate surface area is 176 Å². The van der Waals surface area contributed by atoms with Gasteiger partial charge in [0.15, 0.2) is 0 Å². The number of nitrogen functional groups attached to an aromatic ring is 1. The standard InChI is InChI=1S/C19H21N3O7S/c1-26-18(24)14-12(15(19(25)27-2)30-16(14)20)10-29-17(23)11-3-4-13(21-9-11)22-5-7-28-8-6-22/h3-4,9H,5-8,10,20H2,1-2H3. The lowest BCUT2D eigenvalue weighted by molar-refractivity contribution is 0.0452. The highest BCUT2D eigenvalue weighted by Gasteiger charge is 2.28. The van der Waals surface area contributed by atoms with E-state index < -0.39 is 17.9 Å². The molecule has 0 atom stereocenters. The van der Waals surface area contributed by atoms with Gasteiger partial charge < -0.3 is 29.6 Å². The van der Waals surface area contributed by atoms with Crippen LogP contribution in [0.1, 0.15) is 36.0 Å². The maximum absolute atomic E-state index is 12.5. The molecule has 1 saturated heterocycles. The number of rotatable bonds is 6. The van der Waals surface area contributed by atoms with E-state index in [1.54, 1.807) is 12.1 Å². The van der Waals surface area contributed by atoms with Gasteiger partial charge in [0.2, 0.25) is 0 Å². The average molecular weight is 435 g/mol. The molecule has 3 rings (SSSR count). The van der Waals surface area contributed by atoms with Crippen molar-refractivity contribution >= 4 is 40.1 Å². The summed E-state index contributed by atoms with van der Waals surface area (Å²) in [5, 5.41) is 0.0739. The Kier molecular flexibility index (Phi) is 6.85. The smallest absolute Gasteiger partial charge is 0.348 e. The number of pyridine rings is 1. The van der Waals surface area contributed by atoms with Crippen molar-refractivity contribution in [2.24, 2.45) is 0 Å². The lowest BCUT2D eigenvalue weighted by atomic mass is 10.1. The largest absolute Gasteiger partial charge is 0.465 e. The SMILES string of the molecule is COC(=O)c1sc(N)c(C(=O)OC)c1COC(=O)c1ccc(N2CCOCC2)nc1. The maximum atomic E-state index is 12.5. The fourth-order valence-electron chi connectivity index (χ4n) is 2.91. The summed E-state index contributed by atoms with van der Waals surface area (Å²) in [5.74, 6) is -1.35. The molecule has 0 aliphatic carbocycles. The summed E-state index contributed by atoms with van der Waals surface area (Å²) in [4.78, 5) is 43.0. The predicted molar refractivity (Wildman–Crippen MR) is 108 cm³/mol. The summed E-state index contributed by atoms with van der Waals surface area (Å²) >= 11 is 0.866. The van der Waals surface area contributed by atoms with Crippen molar-refractivity contribution < 1.29 is 33.3 Å². The third kappa shape index (κ3) is 4.52.